The Kier molecular flexibility index (Phi) is 8.95. The molecule has 0 radical (unpaired) electrons. The number of carboxylic acids is 1. The summed E-state index contributed by atoms with van der Waals surface area (Å²) in [6, 6.07) is 15.4. The summed E-state index contributed by atoms with van der Waals surface area (Å²) in [6.07, 6.45) is 3.28. The summed E-state index contributed by atoms with van der Waals surface area (Å²) in [6.45, 7) is 4.46. The molecule has 3 N–H and O–H groups in total. The van der Waals surface area contributed by atoms with Crippen LogP contribution in [0.25, 0.3) is 11.1 Å². The van der Waals surface area contributed by atoms with Gasteiger partial charge in [-0.2, -0.15) is 0 Å². The van der Waals surface area contributed by atoms with Gasteiger partial charge in [0.1, 0.15) is 18.4 Å². The molecule has 8 nitrogen and oxygen atoms in total. The molecule has 35 heavy (non-hydrogen) atoms. The van der Waals surface area contributed by atoms with E-state index in [1.807, 2.05) is 43.3 Å². The molecule has 1 heterocycles. The highest BCUT2D eigenvalue weighted by atomic mass is 16.5. The van der Waals surface area contributed by atoms with Crippen molar-refractivity contribution in [3.8, 4) is 16.9 Å². The van der Waals surface area contributed by atoms with Crippen LogP contribution in [0.4, 0.5) is 0 Å². The third-order valence-electron chi connectivity index (χ3n) is 5.44. The quantitative estimate of drug-likeness (QED) is 0.389. The zero-order chi connectivity index (χ0) is 25.2. The zero-order valence-electron chi connectivity index (χ0n) is 19.8. The lowest BCUT2D eigenvalue weighted by molar-refractivity contribution is -0.139. The van der Waals surface area contributed by atoms with Crippen LogP contribution in [0.15, 0.2) is 67.0 Å². The molecule has 1 atom stereocenters. The van der Waals surface area contributed by atoms with Crippen molar-refractivity contribution in [1.29, 1.82) is 0 Å². The molecule has 2 amide bonds. The number of benzene rings is 2. The Morgan fingerprint density at radius 1 is 1.06 bits per heavy atom. The normalized spacial score (nSPS) is 11.4. The van der Waals surface area contributed by atoms with E-state index in [1.165, 1.54) is 0 Å². The van der Waals surface area contributed by atoms with Gasteiger partial charge in [-0.05, 0) is 66.8 Å². The maximum atomic E-state index is 13.2. The van der Waals surface area contributed by atoms with Gasteiger partial charge in [-0.3, -0.25) is 14.6 Å². The van der Waals surface area contributed by atoms with Crippen molar-refractivity contribution in [1.82, 2.24) is 15.6 Å². The third kappa shape index (κ3) is 7.14. The van der Waals surface area contributed by atoms with Crippen LogP contribution in [0.3, 0.4) is 0 Å². The maximum absolute atomic E-state index is 13.2. The van der Waals surface area contributed by atoms with Gasteiger partial charge >= 0.3 is 5.97 Å². The second-order valence-electron chi connectivity index (χ2n) is 8.03. The van der Waals surface area contributed by atoms with Crippen molar-refractivity contribution in [3.05, 3.63) is 83.7 Å². The fourth-order valence-corrected chi connectivity index (χ4v) is 3.63. The molecule has 0 spiro atoms. The van der Waals surface area contributed by atoms with Gasteiger partial charge in [-0.1, -0.05) is 30.3 Å². The second kappa shape index (κ2) is 12.3. The van der Waals surface area contributed by atoms with E-state index in [4.69, 9.17) is 4.74 Å². The highest BCUT2D eigenvalue weighted by Crippen LogP contribution is 2.29. The van der Waals surface area contributed by atoms with E-state index in [2.05, 4.69) is 15.6 Å². The van der Waals surface area contributed by atoms with Gasteiger partial charge in [0, 0.05) is 24.7 Å². The number of aryl methyl sites for hydroxylation is 1. The first kappa shape index (κ1) is 25.4. The van der Waals surface area contributed by atoms with Crippen molar-refractivity contribution in [3.63, 3.8) is 0 Å². The number of nitrogens with one attached hydrogen (secondary N) is 2. The summed E-state index contributed by atoms with van der Waals surface area (Å²) < 4.78 is 5.81. The van der Waals surface area contributed by atoms with Gasteiger partial charge in [0.25, 0.3) is 5.91 Å². The van der Waals surface area contributed by atoms with Crippen molar-refractivity contribution < 1.29 is 24.2 Å². The third-order valence-corrected chi connectivity index (χ3v) is 5.44. The van der Waals surface area contributed by atoms with Crippen molar-refractivity contribution >= 4 is 17.8 Å². The molecule has 0 unspecified atom stereocenters. The number of ether oxygens (including phenoxy) is 1. The minimum absolute atomic E-state index is 0.000354. The summed E-state index contributed by atoms with van der Waals surface area (Å²) in [5, 5.41) is 14.8. The van der Waals surface area contributed by atoms with Gasteiger partial charge in [0.15, 0.2) is 0 Å². The Morgan fingerprint density at radius 3 is 2.54 bits per heavy atom. The summed E-state index contributed by atoms with van der Waals surface area (Å²) in [5.74, 6) is -1.34. The fraction of sp³-hybridized carbons (Fsp3) is 0.259. The van der Waals surface area contributed by atoms with Crippen molar-refractivity contribution in [2.24, 2.45) is 0 Å². The lowest BCUT2D eigenvalue weighted by atomic mass is 9.93. The van der Waals surface area contributed by atoms with Crippen LogP contribution in [0.1, 0.15) is 41.3 Å². The molecule has 0 saturated carbocycles. The van der Waals surface area contributed by atoms with E-state index in [9.17, 15) is 19.5 Å². The van der Waals surface area contributed by atoms with Gasteiger partial charge in [0.2, 0.25) is 5.91 Å². The molecule has 3 rings (SSSR count). The molecular formula is C27H29N3O5. The first-order chi connectivity index (χ1) is 16.9. The van der Waals surface area contributed by atoms with Crippen LogP contribution in [-0.2, 0) is 16.2 Å². The van der Waals surface area contributed by atoms with Crippen LogP contribution in [0.5, 0.6) is 5.75 Å². The molecule has 8 heteroatoms. The van der Waals surface area contributed by atoms with Crippen LogP contribution in [-0.4, -0.2) is 40.5 Å². The van der Waals surface area contributed by atoms with Crippen LogP contribution < -0.4 is 15.4 Å². The number of rotatable bonds is 11. The number of pyridine rings is 1. The summed E-state index contributed by atoms with van der Waals surface area (Å²) >= 11 is 0. The van der Waals surface area contributed by atoms with Crippen LogP contribution >= 0.6 is 0 Å². The van der Waals surface area contributed by atoms with E-state index in [-0.39, 0.29) is 25.4 Å². The fourth-order valence-electron chi connectivity index (χ4n) is 3.63. The molecular weight excluding hydrogens is 446 g/mol. The number of aliphatic carboxylic acids is 1. The smallest absolute Gasteiger partial charge is 0.326 e. The van der Waals surface area contributed by atoms with Gasteiger partial charge in [0.05, 0.1) is 6.20 Å². The summed E-state index contributed by atoms with van der Waals surface area (Å²) in [4.78, 5) is 40.8. The van der Waals surface area contributed by atoms with Gasteiger partial charge < -0.3 is 20.5 Å². The molecule has 182 valence electrons. The number of amides is 2. The Balaban J connectivity index is 1.86. The standard InChI is InChI=1S/C27H29N3O5/c1-3-29-25(31)13-12-24(27(33)34)30-26(32)22-11-10-19(17-35-20-8-6-14-28-16-20)15-23(22)21-9-5-4-7-18(21)2/h4-11,14-16,24H,3,12-13,17H2,1-2H3,(H,29,31)(H,30,32)(H,33,34)/t24-/m0/s1. The highest BCUT2D eigenvalue weighted by molar-refractivity contribution is 6.02. The number of hydrogen-bond acceptors (Lipinski definition) is 5. The number of carbonyl (C=O) groups excluding carboxylic acids is 2. The summed E-state index contributed by atoms with van der Waals surface area (Å²) in [5.41, 5.74) is 3.68. The first-order valence-corrected chi connectivity index (χ1v) is 11.4. The predicted molar refractivity (Wildman–Crippen MR) is 132 cm³/mol. The number of hydrogen-bond donors (Lipinski definition) is 3. The number of nitrogens with zero attached hydrogens (tertiary/aromatic N) is 1. The molecule has 0 aliphatic heterocycles. The average Bonchev–Trinajstić information content (AvgIpc) is 2.86. The Morgan fingerprint density at radius 2 is 1.86 bits per heavy atom. The van der Waals surface area contributed by atoms with E-state index >= 15 is 0 Å². The molecule has 3 aromatic rings. The van der Waals surface area contributed by atoms with Gasteiger partial charge in [-0.25, -0.2) is 4.79 Å². The van der Waals surface area contributed by atoms with E-state index in [0.717, 1.165) is 16.7 Å². The van der Waals surface area contributed by atoms with Gasteiger partial charge in [-0.15, -0.1) is 0 Å². The summed E-state index contributed by atoms with van der Waals surface area (Å²) in [7, 11) is 0. The molecule has 2 aromatic carbocycles. The molecule has 0 bridgehead atoms. The average molecular weight is 476 g/mol. The van der Waals surface area contributed by atoms with E-state index in [0.29, 0.717) is 23.4 Å². The van der Waals surface area contributed by atoms with E-state index in [1.54, 1.807) is 37.5 Å². The molecule has 1 aromatic heterocycles. The molecule has 0 aliphatic carbocycles. The Labute approximate surface area is 204 Å². The minimum atomic E-state index is -1.19. The lowest BCUT2D eigenvalue weighted by Crippen LogP contribution is -2.41. The second-order valence-corrected chi connectivity index (χ2v) is 8.03. The molecule has 0 fully saturated rings. The number of carboxylic acid groups (broad SMARTS) is 1. The molecule has 0 saturated heterocycles. The minimum Gasteiger partial charge on any atom is -0.487 e. The van der Waals surface area contributed by atoms with Crippen molar-refractivity contribution in [2.75, 3.05) is 6.54 Å². The largest absolute Gasteiger partial charge is 0.487 e. The number of carbonyl (C=O) groups is 3. The topological polar surface area (TPSA) is 118 Å². The lowest BCUT2D eigenvalue weighted by Gasteiger charge is -2.18. The number of aromatic nitrogens is 1. The Bertz CT molecular complexity index is 1180. The van der Waals surface area contributed by atoms with Crippen LogP contribution in [0, 0.1) is 6.92 Å². The monoisotopic (exact) mass is 475 g/mol. The van der Waals surface area contributed by atoms with E-state index < -0.39 is 17.9 Å². The maximum Gasteiger partial charge on any atom is 0.326 e. The first-order valence-electron chi connectivity index (χ1n) is 11.4. The predicted octanol–water partition coefficient (Wildman–Crippen LogP) is 3.74. The Hall–Kier alpha value is -4.20. The van der Waals surface area contributed by atoms with Crippen LogP contribution in [0.2, 0.25) is 0 Å². The van der Waals surface area contributed by atoms with Crippen molar-refractivity contribution in [2.45, 2.75) is 39.3 Å². The highest BCUT2D eigenvalue weighted by Gasteiger charge is 2.23. The SMILES string of the molecule is CCNC(=O)CC[C@H](NC(=O)c1ccc(COc2cccnc2)cc1-c1ccccc1C)C(=O)O. The molecule has 0 aliphatic rings. The zero-order valence-corrected chi connectivity index (χ0v) is 19.8.